The van der Waals surface area contributed by atoms with Gasteiger partial charge in [-0.25, -0.2) is 0 Å². The van der Waals surface area contributed by atoms with Gasteiger partial charge in [-0.15, -0.1) is 0 Å². The molecule has 0 bridgehead atoms. The Kier molecular flexibility index (Phi) is 6.08. The number of carbonyl (C=O) groups excluding carboxylic acids is 1. The highest BCUT2D eigenvalue weighted by atomic mass is 16.5. The van der Waals surface area contributed by atoms with Crippen LogP contribution in [0.15, 0.2) is 54.1 Å². The zero-order chi connectivity index (χ0) is 21.8. The number of aryl methyl sites for hydroxylation is 3. The van der Waals surface area contributed by atoms with Crippen LogP contribution in [-0.4, -0.2) is 17.6 Å². The number of hydrogen-bond acceptors (Lipinski definition) is 3. The fraction of sp³-hybridized carbons (Fsp3) is 0.200. The second-order valence-corrected chi connectivity index (χ2v) is 7.30. The van der Waals surface area contributed by atoms with Crippen molar-refractivity contribution in [3.8, 4) is 17.5 Å². The number of aromatic nitrogens is 1. The summed E-state index contributed by atoms with van der Waals surface area (Å²) in [6.07, 6.45) is 1.64. The van der Waals surface area contributed by atoms with Gasteiger partial charge in [-0.2, -0.15) is 5.26 Å². The lowest BCUT2D eigenvalue weighted by molar-refractivity contribution is -0.112. The number of anilines is 1. The van der Waals surface area contributed by atoms with Crippen molar-refractivity contribution in [2.75, 3.05) is 12.4 Å². The van der Waals surface area contributed by atoms with E-state index in [1.807, 2.05) is 26.0 Å². The van der Waals surface area contributed by atoms with Gasteiger partial charge >= 0.3 is 0 Å². The molecule has 3 aromatic rings. The van der Waals surface area contributed by atoms with Gasteiger partial charge in [0.25, 0.3) is 5.91 Å². The van der Waals surface area contributed by atoms with Gasteiger partial charge in [-0.05, 0) is 86.9 Å². The van der Waals surface area contributed by atoms with Crippen molar-refractivity contribution >= 4 is 17.7 Å². The molecule has 0 atom stereocenters. The van der Waals surface area contributed by atoms with Crippen molar-refractivity contribution < 1.29 is 9.53 Å². The van der Waals surface area contributed by atoms with Crippen LogP contribution in [0.1, 0.15) is 28.1 Å². The molecule has 5 nitrogen and oxygen atoms in total. The van der Waals surface area contributed by atoms with Gasteiger partial charge in [0.1, 0.15) is 17.4 Å². The molecule has 152 valence electrons. The summed E-state index contributed by atoms with van der Waals surface area (Å²) >= 11 is 0. The van der Waals surface area contributed by atoms with Crippen LogP contribution < -0.4 is 10.1 Å². The number of ether oxygens (including phenoxy) is 1. The molecule has 0 aliphatic rings. The van der Waals surface area contributed by atoms with Gasteiger partial charge in [0.2, 0.25) is 0 Å². The van der Waals surface area contributed by atoms with Crippen molar-refractivity contribution in [2.45, 2.75) is 27.7 Å². The van der Waals surface area contributed by atoms with E-state index in [1.54, 1.807) is 37.5 Å². The molecule has 0 spiro atoms. The molecule has 1 N–H and O–H groups in total. The molecule has 5 heteroatoms. The molecule has 0 saturated carbocycles. The van der Waals surface area contributed by atoms with Crippen LogP contribution in [-0.2, 0) is 4.79 Å². The average molecular weight is 399 g/mol. The second kappa shape index (κ2) is 8.71. The second-order valence-electron chi connectivity index (χ2n) is 7.30. The molecule has 0 fully saturated rings. The lowest BCUT2D eigenvalue weighted by Crippen LogP contribution is -2.13. The number of nitrogens with one attached hydrogen (secondary N) is 1. The van der Waals surface area contributed by atoms with E-state index in [0.29, 0.717) is 11.4 Å². The maximum atomic E-state index is 12.6. The number of amides is 1. The number of rotatable bonds is 5. The zero-order valence-electron chi connectivity index (χ0n) is 17.9. The standard InChI is InChI=1S/C25H25N3O2/c1-16-6-7-17(2)24(12-16)28-18(3)13-20(19(28)4)14-21(15-26)25(29)27-22-8-10-23(30-5)11-9-22/h6-14H,1-5H3,(H,27,29)/b21-14-. The number of nitriles is 1. The summed E-state index contributed by atoms with van der Waals surface area (Å²) < 4.78 is 7.28. The Morgan fingerprint density at radius 2 is 1.77 bits per heavy atom. The minimum Gasteiger partial charge on any atom is -0.497 e. The molecule has 1 aromatic heterocycles. The summed E-state index contributed by atoms with van der Waals surface area (Å²) in [4.78, 5) is 12.6. The van der Waals surface area contributed by atoms with Crippen LogP contribution >= 0.6 is 0 Å². The molecule has 0 radical (unpaired) electrons. The molecule has 0 aliphatic carbocycles. The number of benzene rings is 2. The number of carbonyl (C=O) groups is 1. The van der Waals surface area contributed by atoms with Gasteiger partial charge in [0, 0.05) is 22.8 Å². The summed E-state index contributed by atoms with van der Waals surface area (Å²) in [6, 6.07) is 17.3. The Morgan fingerprint density at radius 3 is 2.40 bits per heavy atom. The third-order valence-corrected chi connectivity index (χ3v) is 5.09. The zero-order valence-corrected chi connectivity index (χ0v) is 17.9. The van der Waals surface area contributed by atoms with Gasteiger partial charge in [-0.3, -0.25) is 4.79 Å². The van der Waals surface area contributed by atoms with Crippen molar-refractivity contribution in [1.29, 1.82) is 5.26 Å². The molecule has 3 rings (SSSR count). The fourth-order valence-electron chi connectivity index (χ4n) is 3.44. The Hall–Kier alpha value is -3.78. The maximum Gasteiger partial charge on any atom is 0.266 e. The first-order valence-electron chi connectivity index (χ1n) is 9.68. The number of nitrogens with zero attached hydrogens (tertiary/aromatic N) is 2. The topological polar surface area (TPSA) is 67.0 Å². The number of hydrogen-bond donors (Lipinski definition) is 1. The molecule has 1 amide bonds. The quantitative estimate of drug-likeness (QED) is 0.470. The predicted octanol–water partition coefficient (Wildman–Crippen LogP) is 5.27. The SMILES string of the molecule is COc1ccc(NC(=O)/C(C#N)=C\c2cc(C)n(-c3cc(C)ccc3C)c2C)cc1. The van der Waals surface area contributed by atoms with E-state index < -0.39 is 5.91 Å². The first-order valence-corrected chi connectivity index (χ1v) is 9.68. The molecular formula is C25H25N3O2. The third-order valence-electron chi connectivity index (χ3n) is 5.09. The first kappa shape index (κ1) is 20.9. The molecule has 2 aromatic carbocycles. The molecule has 0 aliphatic heterocycles. The summed E-state index contributed by atoms with van der Waals surface area (Å²) in [5, 5.41) is 12.3. The molecule has 1 heterocycles. The fourth-order valence-corrected chi connectivity index (χ4v) is 3.44. The van der Waals surface area contributed by atoms with Crippen LogP contribution in [0.2, 0.25) is 0 Å². The van der Waals surface area contributed by atoms with Crippen molar-refractivity contribution in [3.63, 3.8) is 0 Å². The first-order chi connectivity index (χ1) is 14.3. The molecule has 0 unspecified atom stereocenters. The largest absolute Gasteiger partial charge is 0.497 e. The van der Waals surface area contributed by atoms with E-state index in [-0.39, 0.29) is 5.57 Å². The van der Waals surface area contributed by atoms with Crippen molar-refractivity contribution in [3.05, 3.63) is 82.2 Å². The van der Waals surface area contributed by atoms with Crippen molar-refractivity contribution in [1.82, 2.24) is 4.57 Å². The summed E-state index contributed by atoms with van der Waals surface area (Å²) in [5.41, 5.74) is 6.95. The molecule has 30 heavy (non-hydrogen) atoms. The van der Waals surface area contributed by atoms with Gasteiger partial charge < -0.3 is 14.6 Å². The summed E-state index contributed by atoms with van der Waals surface area (Å²) in [5.74, 6) is 0.252. The Morgan fingerprint density at radius 1 is 1.07 bits per heavy atom. The summed E-state index contributed by atoms with van der Waals surface area (Å²) in [7, 11) is 1.58. The maximum absolute atomic E-state index is 12.6. The summed E-state index contributed by atoms with van der Waals surface area (Å²) in [6.45, 7) is 8.16. The lowest BCUT2D eigenvalue weighted by atomic mass is 10.1. The highest BCUT2D eigenvalue weighted by molar-refractivity contribution is 6.09. The Bertz CT molecular complexity index is 1160. The van der Waals surface area contributed by atoms with Gasteiger partial charge in [0.05, 0.1) is 7.11 Å². The minimum atomic E-state index is -0.445. The van der Waals surface area contributed by atoms with Crippen LogP contribution in [0.25, 0.3) is 11.8 Å². The average Bonchev–Trinajstić information content (AvgIpc) is 3.01. The van der Waals surface area contributed by atoms with Crippen LogP contribution in [0, 0.1) is 39.0 Å². The van der Waals surface area contributed by atoms with Crippen LogP contribution in [0.5, 0.6) is 5.75 Å². The Balaban J connectivity index is 1.93. The number of methoxy groups -OCH3 is 1. The highest BCUT2D eigenvalue weighted by Crippen LogP contribution is 2.26. The van der Waals surface area contributed by atoms with Gasteiger partial charge in [-0.1, -0.05) is 12.1 Å². The minimum absolute atomic E-state index is 0.0482. The predicted molar refractivity (Wildman–Crippen MR) is 120 cm³/mol. The van der Waals surface area contributed by atoms with E-state index >= 15 is 0 Å². The van der Waals surface area contributed by atoms with E-state index in [4.69, 9.17) is 4.74 Å². The van der Waals surface area contributed by atoms with Crippen molar-refractivity contribution in [2.24, 2.45) is 0 Å². The third kappa shape index (κ3) is 4.28. The van der Waals surface area contributed by atoms with Gasteiger partial charge in [0.15, 0.2) is 0 Å². The van der Waals surface area contributed by atoms with E-state index in [9.17, 15) is 10.1 Å². The highest BCUT2D eigenvalue weighted by Gasteiger charge is 2.15. The normalized spacial score (nSPS) is 11.1. The van der Waals surface area contributed by atoms with E-state index in [0.717, 1.165) is 28.2 Å². The van der Waals surface area contributed by atoms with E-state index in [2.05, 4.69) is 41.9 Å². The van der Waals surface area contributed by atoms with E-state index in [1.165, 1.54) is 5.56 Å². The molecule has 0 saturated heterocycles. The monoisotopic (exact) mass is 399 g/mol. The molecular weight excluding hydrogens is 374 g/mol. The van der Waals surface area contributed by atoms with Crippen LogP contribution in [0.3, 0.4) is 0 Å². The van der Waals surface area contributed by atoms with Crippen LogP contribution in [0.4, 0.5) is 5.69 Å². The lowest BCUT2D eigenvalue weighted by Gasteiger charge is -2.13. The Labute approximate surface area is 177 Å². The smallest absolute Gasteiger partial charge is 0.266 e.